The summed E-state index contributed by atoms with van der Waals surface area (Å²) in [5.41, 5.74) is 2.13. The van der Waals surface area contributed by atoms with E-state index in [9.17, 15) is 4.79 Å². The van der Waals surface area contributed by atoms with Crippen LogP contribution in [0.3, 0.4) is 0 Å². The van der Waals surface area contributed by atoms with Crippen LogP contribution in [-0.4, -0.2) is 42.7 Å². The third-order valence-electron chi connectivity index (χ3n) is 3.79. The van der Waals surface area contributed by atoms with Crippen molar-refractivity contribution in [1.82, 2.24) is 4.90 Å². The zero-order chi connectivity index (χ0) is 14.8. The van der Waals surface area contributed by atoms with Gasteiger partial charge in [-0.2, -0.15) is 0 Å². The number of benzene rings is 1. The van der Waals surface area contributed by atoms with E-state index < -0.39 is 0 Å². The summed E-state index contributed by atoms with van der Waals surface area (Å²) in [6.45, 7) is 9.99. The van der Waals surface area contributed by atoms with E-state index in [4.69, 9.17) is 9.47 Å². The number of amides is 1. The second kappa shape index (κ2) is 5.83. The maximum absolute atomic E-state index is 12.3. The van der Waals surface area contributed by atoms with Crippen molar-refractivity contribution in [1.29, 1.82) is 0 Å². The van der Waals surface area contributed by atoms with Crippen molar-refractivity contribution in [3.63, 3.8) is 0 Å². The van der Waals surface area contributed by atoms with E-state index in [0.717, 1.165) is 5.75 Å². The number of carbonyl (C=O) groups excluding carboxylic acids is 1. The van der Waals surface area contributed by atoms with Gasteiger partial charge in [0, 0.05) is 6.54 Å². The molecule has 0 aliphatic carbocycles. The van der Waals surface area contributed by atoms with Crippen LogP contribution in [0.25, 0.3) is 0 Å². The zero-order valence-corrected chi connectivity index (χ0v) is 12.7. The van der Waals surface area contributed by atoms with E-state index in [1.54, 1.807) is 0 Å². The van der Waals surface area contributed by atoms with Gasteiger partial charge in [0.15, 0.2) is 6.61 Å². The molecule has 1 aromatic carbocycles. The van der Waals surface area contributed by atoms with Crippen LogP contribution in [0.4, 0.5) is 0 Å². The molecule has 1 aromatic rings. The topological polar surface area (TPSA) is 38.8 Å². The molecule has 1 aliphatic heterocycles. The summed E-state index contributed by atoms with van der Waals surface area (Å²) in [7, 11) is 0. The summed E-state index contributed by atoms with van der Waals surface area (Å²) < 4.78 is 11.0. The maximum atomic E-state index is 12.3. The Kier molecular flexibility index (Phi) is 4.33. The predicted octanol–water partition coefficient (Wildman–Crippen LogP) is 2.32. The molecule has 1 saturated heterocycles. The Morgan fingerprint density at radius 3 is 2.75 bits per heavy atom. The summed E-state index contributed by atoms with van der Waals surface area (Å²) in [5.74, 6) is 0.754. The average Bonchev–Trinajstić information content (AvgIpc) is 2.39. The fraction of sp³-hybridized carbons (Fsp3) is 0.562. The lowest BCUT2D eigenvalue weighted by Crippen LogP contribution is -2.56. The Hall–Kier alpha value is -1.55. The largest absolute Gasteiger partial charge is 0.484 e. The first-order valence-electron chi connectivity index (χ1n) is 6.98. The molecule has 1 fully saturated rings. The lowest BCUT2D eigenvalue weighted by molar-refractivity contribution is -0.148. The third-order valence-corrected chi connectivity index (χ3v) is 3.79. The molecule has 1 heterocycles. The molecule has 0 radical (unpaired) electrons. The van der Waals surface area contributed by atoms with Crippen molar-refractivity contribution >= 4 is 5.91 Å². The molecule has 20 heavy (non-hydrogen) atoms. The highest BCUT2D eigenvalue weighted by atomic mass is 16.5. The van der Waals surface area contributed by atoms with Gasteiger partial charge in [-0.05, 0) is 51.0 Å². The number of morpholine rings is 1. The van der Waals surface area contributed by atoms with Crippen molar-refractivity contribution in [2.45, 2.75) is 33.2 Å². The predicted molar refractivity (Wildman–Crippen MR) is 78.0 cm³/mol. The van der Waals surface area contributed by atoms with Crippen LogP contribution < -0.4 is 4.74 Å². The Morgan fingerprint density at radius 2 is 2.10 bits per heavy atom. The summed E-state index contributed by atoms with van der Waals surface area (Å²) in [5, 5.41) is 0. The number of ether oxygens (including phenoxy) is 2. The van der Waals surface area contributed by atoms with Crippen molar-refractivity contribution in [3.8, 4) is 5.75 Å². The molecule has 1 amide bonds. The van der Waals surface area contributed by atoms with Gasteiger partial charge in [-0.3, -0.25) is 4.79 Å². The molecular formula is C16H23NO3. The molecule has 2 rings (SSSR count). The Labute approximate surface area is 120 Å². The molecule has 1 aliphatic rings. The number of hydrogen-bond donors (Lipinski definition) is 0. The van der Waals surface area contributed by atoms with Crippen molar-refractivity contribution in [2.24, 2.45) is 0 Å². The molecule has 0 N–H and O–H groups in total. The lowest BCUT2D eigenvalue weighted by atomic mass is 10.0. The summed E-state index contributed by atoms with van der Waals surface area (Å²) >= 11 is 0. The lowest BCUT2D eigenvalue weighted by Gasteiger charge is -2.42. The van der Waals surface area contributed by atoms with Gasteiger partial charge in [0.1, 0.15) is 5.75 Å². The minimum Gasteiger partial charge on any atom is -0.484 e. The minimum atomic E-state index is -0.262. The normalized spacial score (nSPS) is 17.9. The smallest absolute Gasteiger partial charge is 0.261 e. The molecule has 110 valence electrons. The van der Waals surface area contributed by atoms with Crippen molar-refractivity contribution in [2.75, 3.05) is 26.4 Å². The SMILES string of the molecule is Cc1ccc(OCC(=O)N2CCOCC2(C)C)cc1C. The number of rotatable bonds is 3. The van der Waals surface area contributed by atoms with Gasteiger partial charge in [0.25, 0.3) is 5.91 Å². The Balaban J connectivity index is 1.96. The van der Waals surface area contributed by atoms with Gasteiger partial charge >= 0.3 is 0 Å². The molecule has 0 spiro atoms. The summed E-state index contributed by atoms with van der Waals surface area (Å²) in [6, 6.07) is 5.88. The first kappa shape index (κ1) is 14.9. The molecule has 4 heteroatoms. The summed E-state index contributed by atoms with van der Waals surface area (Å²) in [6.07, 6.45) is 0. The van der Waals surface area contributed by atoms with E-state index in [1.165, 1.54) is 11.1 Å². The van der Waals surface area contributed by atoms with Gasteiger partial charge in [-0.25, -0.2) is 0 Å². The number of carbonyl (C=O) groups is 1. The molecule has 0 unspecified atom stereocenters. The highest BCUT2D eigenvalue weighted by Crippen LogP contribution is 2.20. The fourth-order valence-corrected chi connectivity index (χ4v) is 2.35. The van der Waals surface area contributed by atoms with Crippen molar-refractivity contribution < 1.29 is 14.3 Å². The van der Waals surface area contributed by atoms with Crippen molar-refractivity contribution in [3.05, 3.63) is 29.3 Å². The van der Waals surface area contributed by atoms with Crippen LogP contribution in [0.15, 0.2) is 18.2 Å². The standard InChI is InChI=1S/C16H23NO3/c1-12-5-6-14(9-13(12)2)20-10-15(18)17-7-8-19-11-16(17,3)4/h5-6,9H,7-8,10-11H2,1-4H3. The Morgan fingerprint density at radius 1 is 1.35 bits per heavy atom. The number of nitrogens with zero attached hydrogens (tertiary/aromatic N) is 1. The zero-order valence-electron chi connectivity index (χ0n) is 12.7. The van der Waals surface area contributed by atoms with Crippen LogP contribution in [0, 0.1) is 13.8 Å². The monoisotopic (exact) mass is 277 g/mol. The minimum absolute atomic E-state index is 0.0107. The second-order valence-electron chi connectivity index (χ2n) is 5.95. The van der Waals surface area contributed by atoms with E-state index in [0.29, 0.717) is 19.8 Å². The molecular weight excluding hydrogens is 254 g/mol. The highest BCUT2D eigenvalue weighted by molar-refractivity contribution is 5.78. The van der Waals surface area contributed by atoms with Crippen LogP contribution in [-0.2, 0) is 9.53 Å². The van der Waals surface area contributed by atoms with E-state index >= 15 is 0 Å². The first-order chi connectivity index (χ1) is 9.40. The van der Waals surface area contributed by atoms with Crippen LogP contribution in [0.5, 0.6) is 5.75 Å². The third kappa shape index (κ3) is 3.31. The van der Waals surface area contributed by atoms with Gasteiger partial charge in [-0.1, -0.05) is 6.07 Å². The van der Waals surface area contributed by atoms with E-state index in [1.807, 2.05) is 43.9 Å². The van der Waals surface area contributed by atoms with Crippen LogP contribution >= 0.6 is 0 Å². The van der Waals surface area contributed by atoms with E-state index in [-0.39, 0.29) is 18.1 Å². The average molecular weight is 277 g/mol. The number of hydrogen-bond acceptors (Lipinski definition) is 3. The number of aryl methyl sites for hydroxylation is 2. The summed E-state index contributed by atoms with van der Waals surface area (Å²) in [4.78, 5) is 14.1. The molecule has 0 atom stereocenters. The Bertz CT molecular complexity index is 496. The molecule has 0 aromatic heterocycles. The quantitative estimate of drug-likeness (QED) is 0.851. The van der Waals surface area contributed by atoms with Gasteiger partial charge < -0.3 is 14.4 Å². The fourth-order valence-electron chi connectivity index (χ4n) is 2.35. The van der Waals surface area contributed by atoms with Crippen LogP contribution in [0.1, 0.15) is 25.0 Å². The highest BCUT2D eigenvalue weighted by Gasteiger charge is 2.34. The van der Waals surface area contributed by atoms with Gasteiger partial charge in [0.2, 0.25) is 0 Å². The van der Waals surface area contributed by atoms with Gasteiger partial charge in [0.05, 0.1) is 18.8 Å². The van der Waals surface area contributed by atoms with Gasteiger partial charge in [-0.15, -0.1) is 0 Å². The molecule has 0 bridgehead atoms. The van der Waals surface area contributed by atoms with Crippen LogP contribution in [0.2, 0.25) is 0 Å². The molecule has 4 nitrogen and oxygen atoms in total. The first-order valence-corrected chi connectivity index (χ1v) is 6.98. The maximum Gasteiger partial charge on any atom is 0.261 e. The molecule has 0 saturated carbocycles. The second-order valence-corrected chi connectivity index (χ2v) is 5.95. The van der Waals surface area contributed by atoms with E-state index in [2.05, 4.69) is 6.92 Å².